The second-order valence-electron chi connectivity index (χ2n) is 13.3. The molecule has 0 bridgehead atoms. The van der Waals surface area contributed by atoms with Crippen molar-refractivity contribution in [3.05, 3.63) is 0 Å². The van der Waals surface area contributed by atoms with E-state index >= 15 is 0 Å². The van der Waals surface area contributed by atoms with Crippen LogP contribution in [0.1, 0.15) is 116 Å². The van der Waals surface area contributed by atoms with E-state index in [0.29, 0.717) is 6.42 Å². The number of amides is 2. The van der Waals surface area contributed by atoms with Gasteiger partial charge < -0.3 is 51.1 Å². The van der Waals surface area contributed by atoms with E-state index in [2.05, 4.69) is 10.6 Å². The Bertz CT molecular complexity index is 1110. The quantitative estimate of drug-likeness (QED) is 0.0489. The van der Waals surface area contributed by atoms with Gasteiger partial charge in [0.1, 0.15) is 24.9 Å². The van der Waals surface area contributed by atoms with Crippen molar-refractivity contribution < 1.29 is 73.6 Å². The first-order valence-corrected chi connectivity index (χ1v) is 17.8. The molecule has 1 fully saturated rings. The van der Waals surface area contributed by atoms with Gasteiger partial charge in [-0.3, -0.25) is 19.2 Å². The van der Waals surface area contributed by atoms with Gasteiger partial charge in [-0.05, 0) is 19.3 Å². The largest absolute Gasteiger partial charge is 0.481 e. The van der Waals surface area contributed by atoms with Gasteiger partial charge in [-0.15, -0.1) is 0 Å². The van der Waals surface area contributed by atoms with Crippen LogP contribution in [-0.2, 0) is 33.5 Å². The maximum Gasteiger partial charge on any atom is 0.338 e. The molecule has 0 radical (unpaired) electrons. The summed E-state index contributed by atoms with van der Waals surface area (Å²) >= 11 is 0. The van der Waals surface area contributed by atoms with Crippen molar-refractivity contribution >= 4 is 35.5 Å². The molecule has 0 saturated carbocycles. The van der Waals surface area contributed by atoms with Crippen LogP contribution in [0.3, 0.4) is 0 Å². The van der Waals surface area contributed by atoms with Crippen molar-refractivity contribution in [1.82, 2.24) is 10.6 Å². The summed E-state index contributed by atoms with van der Waals surface area (Å²) in [4.78, 5) is 71.2. The number of carboxylic acid groups (broad SMARTS) is 3. The molecule has 9 N–H and O–H groups in total. The monoisotopic (exact) mass is 736 g/mol. The van der Waals surface area contributed by atoms with Gasteiger partial charge in [-0.1, -0.05) is 64.2 Å². The maximum atomic E-state index is 13.7. The van der Waals surface area contributed by atoms with Gasteiger partial charge in [-0.2, -0.15) is 0 Å². The summed E-state index contributed by atoms with van der Waals surface area (Å²) in [7, 11) is 0. The molecular weight excluding hydrogens is 679 g/mol. The molecule has 294 valence electrons. The molecule has 0 aromatic heterocycles. The predicted molar refractivity (Wildman–Crippen MR) is 178 cm³/mol. The molecule has 3 unspecified atom stereocenters. The van der Waals surface area contributed by atoms with Crippen LogP contribution in [0.4, 0.5) is 4.39 Å². The van der Waals surface area contributed by atoms with Crippen LogP contribution in [0.2, 0.25) is 0 Å². The van der Waals surface area contributed by atoms with Crippen molar-refractivity contribution in [1.29, 1.82) is 0 Å². The van der Waals surface area contributed by atoms with E-state index in [1.807, 2.05) is 0 Å². The number of rotatable bonds is 29. The zero-order valence-electron chi connectivity index (χ0n) is 29.2. The minimum atomic E-state index is -2.56. The number of unbranched alkanes of at least 4 members (excludes halogenated alkanes) is 11. The lowest BCUT2D eigenvalue weighted by molar-refractivity contribution is -0.243. The van der Waals surface area contributed by atoms with Crippen LogP contribution >= 0.6 is 0 Å². The lowest BCUT2D eigenvalue weighted by atomic mass is 9.77. The number of Topliss-reactive ketones (excluding diaryl/α,β-unsaturated/α-hetero) is 1. The van der Waals surface area contributed by atoms with Crippen molar-refractivity contribution in [2.24, 2.45) is 5.92 Å². The standard InChI is InChI=1S/C34H57FN2O14/c35-21-34(33(49)50)18-25(40)23(31(51-34)30(46)26(41)20-38)17-22(39)19-36-27(42)16-15-24(32(47)48)37-28(43)13-11-9-7-5-3-1-2-4-6-8-10-12-14-29(44)45/h23-26,30-31,38,40-41,46H,1-21H2,(H,36,42)(H,37,43)(H,44,45)(H,47,48)(H,49,50)/t23-,24?,25-,26-,30?,31?,34+/m1/s1. The van der Waals surface area contributed by atoms with Gasteiger partial charge in [0.15, 0.2) is 11.4 Å². The van der Waals surface area contributed by atoms with E-state index in [-0.39, 0.29) is 25.7 Å². The second kappa shape index (κ2) is 24.9. The topological polar surface area (TPSA) is 277 Å². The number of nitrogens with one attached hydrogen (secondary N) is 2. The molecule has 0 aliphatic carbocycles. The van der Waals surface area contributed by atoms with Crippen LogP contribution in [0.5, 0.6) is 0 Å². The van der Waals surface area contributed by atoms with E-state index in [4.69, 9.17) is 9.84 Å². The molecule has 51 heavy (non-hydrogen) atoms. The summed E-state index contributed by atoms with van der Waals surface area (Å²) < 4.78 is 19.0. The average molecular weight is 737 g/mol. The summed E-state index contributed by atoms with van der Waals surface area (Å²) in [5, 5.41) is 72.4. The van der Waals surface area contributed by atoms with Gasteiger partial charge in [0.05, 0.1) is 25.4 Å². The average Bonchev–Trinajstić information content (AvgIpc) is 3.08. The fraction of sp³-hybridized carbons (Fsp3) is 0.824. The molecule has 0 aromatic carbocycles. The third-order valence-corrected chi connectivity index (χ3v) is 9.12. The number of carboxylic acids is 3. The fourth-order valence-corrected chi connectivity index (χ4v) is 6.04. The zero-order valence-corrected chi connectivity index (χ0v) is 29.2. The molecule has 1 aliphatic heterocycles. The SMILES string of the molecule is O=C(O)CCCCCCCCCCCCCCC(=O)NC(CCC(=O)NCC(=O)C[C@H]1C(C(O)[C@H](O)CO)O[C@@](CF)(C(=O)O)C[C@H]1O)C(=O)O. The summed E-state index contributed by atoms with van der Waals surface area (Å²) in [6.45, 7) is -3.17. The van der Waals surface area contributed by atoms with E-state index in [1.165, 1.54) is 0 Å². The first kappa shape index (κ1) is 45.8. The minimum absolute atomic E-state index is 0.132. The lowest BCUT2D eigenvalue weighted by Crippen LogP contribution is -2.62. The van der Waals surface area contributed by atoms with Gasteiger partial charge in [-0.25, -0.2) is 14.0 Å². The Balaban J connectivity index is 2.38. The maximum absolute atomic E-state index is 13.7. The van der Waals surface area contributed by atoms with Crippen molar-refractivity contribution in [2.45, 2.75) is 152 Å². The Morgan fingerprint density at radius 2 is 1.31 bits per heavy atom. The van der Waals surface area contributed by atoms with E-state index in [9.17, 15) is 63.8 Å². The van der Waals surface area contributed by atoms with Crippen molar-refractivity contribution in [3.63, 3.8) is 0 Å². The van der Waals surface area contributed by atoms with Crippen LogP contribution in [0.15, 0.2) is 0 Å². The summed E-state index contributed by atoms with van der Waals surface area (Å²) in [6, 6.07) is -1.34. The van der Waals surface area contributed by atoms with Crippen LogP contribution in [-0.4, -0.2) is 127 Å². The van der Waals surface area contributed by atoms with Gasteiger partial charge in [0, 0.05) is 38.0 Å². The highest BCUT2D eigenvalue weighted by molar-refractivity contribution is 5.87. The Morgan fingerprint density at radius 3 is 1.78 bits per heavy atom. The molecule has 1 heterocycles. The fourth-order valence-electron chi connectivity index (χ4n) is 6.04. The molecule has 2 amide bonds. The molecule has 0 aromatic rings. The number of hydrogen-bond acceptors (Lipinski definition) is 11. The number of ketones is 1. The van der Waals surface area contributed by atoms with E-state index in [0.717, 1.165) is 70.6 Å². The Hall–Kier alpha value is -3.25. The van der Waals surface area contributed by atoms with Gasteiger partial charge in [0.25, 0.3) is 0 Å². The van der Waals surface area contributed by atoms with Crippen molar-refractivity contribution in [2.75, 3.05) is 19.8 Å². The van der Waals surface area contributed by atoms with E-state index in [1.54, 1.807) is 0 Å². The molecule has 7 atom stereocenters. The minimum Gasteiger partial charge on any atom is -0.481 e. The van der Waals surface area contributed by atoms with Crippen LogP contribution < -0.4 is 10.6 Å². The first-order valence-electron chi connectivity index (χ1n) is 17.8. The molecule has 17 heteroatoms. The number of carbonyl (C=O) groups is 6. The van der Waals surface area contributed by atoms with Crippen LogP contribution in [0.25, 0.3) is 0 Å². The summed E-state index contributed by atoms with van der Waals surface area (Å²) in [5.41, 5.74) is -2.56. The molecule has 1 rings (SSSR count). The third kappa shape index (κ3) is 17.7. The highest BCUT2D eigenvalue weighted by atomic mass is 19.1. The number of aliphatic hydroxyl groups excluding tert-OH is 4. The van der Waals surface area contributed by atoms with Gasteiger partial charge in [0.2, 0.25) is 11.8 Å². The highest BCUT2D eigenvalue weighted by Gasteiger charge is 2.54. The number of ether oxygens (including phenoxy) is 1. The number of carbonyl (C=O) groups excluding carboxylic acids is 3. The Labute approximate surface area is 297 Å². The number of aliphatic carboxylic acids is 3. The molecular formula is C34H57FN2O14. The number of alkyl halides is 1. The summed E-state index contributed by atoms with van der Waals surface area (Å²) in [6.07, 6.45) is 2.76. The predicted octanol–water partition coefficient (Wildman–Crippen LogP) is 1.23. The molecule has 1 saturated heterocycles. The Morgan fingerprint density at radius 1 is 0.784 bits per heavy atom. The third-order valence-electron chi connectivity index (χ3n) is 9.12. The smallest absolute Gasteiger partial charge is 0.338 e. The van der Waals surface area contributed by atoms with Gasteiger partial charge >= 0.3 is 17.9 Å². The number of hydrogen-bond donors (Lipinski definition) is 9. The normalized spacial score (nSPS) is 22.0. The molecule has 0 spiro atoms. The Kier molecular flexibility index (Phi) is 22.3. The second-order valence-corrected chi connectivity index (χ2v) is 13.3. The van der Waals surface area contributed by atoms with Crippen LogP contribution in [0, 0.1) is 5.92 Å². The zero-order chi connectivity index (χ0) is 38.4. The number of aliphatic hydroxyl groups is 4. The van der Waals surface area contributed by atoms with E-state index < -0.39 is 110 Å². The van der Waals surface area contributed by atoms with Crippen molar-refractivity contribution in [3.8, 4) is 0 Å². The summed E-state index contributed by atoms with van der Waals surface area (Å²) in [5.74, 6) is -7.08. The molecule has 1 aliphatic rings. The lowest BCUT2D eigenvalue weighted by Gasteiger charge is -2.46. The number of halogens is 1. The first-order chi connectivity index (χ1) is 24.2. The highest BCUT2D eigenvalue weighted by Crippen LogP contribution is 2.37. The molecule has 16 nitrogen and oxygen atoms in total.